The average molecular weight is 302 g/mol. The fourth-order valence-corrected chi connectivity index (χ4v) is 2.02. The maximum Gasteiger partial charge on any atom is 0.169 e. The SMILES string of the molecule is COc1cccc(-c2cnc(N)c(N[C@@H](CO)C(C)C)n2)c1. The number of aliphatic hydroxyl groups excluding tert-OH is 1. The number of anilines is 2. The van der Waals surface area contributed by atoms with Gasteiger partial charge in [-0.05, 0) is 18.1 Å². The lowest BCUT2D eigenvalue weighted by molar-refractivity contribution is 0.249. The van der Waals surface area contributed by atoms with Gasteiger partial charge >= 0.3 is 0 Å². The molecule has 0 bridgehead atoms. The molecule has 1 atom stereocenters. The number of hydrogen-bond acceptors (Lipinski definition) is 6. The Bertz CT molecular complexity index is 631. The van der Waals surface area contributed by atoms with Crippen molar-refractivity contribution in [3.8, 4) is 17.0 Å². The van der Waals surface area contributed by atoms with Crippen molar-refractivity contribution in [1.29, 1.82) is 0 Å². The number of hydrogen-bond donors (Lipinski definition) is 3. The predicted octanol–water partition coefficient (Wildman–Crippen LogP) is 2.16. The van der Waals surface area contributed by atoms with Crippen molar-refractivity contribution in [2.45, 2.75) is 19.9 Å². The summed E-state index contributed by atoms with van der Waals surface area (Å²) in [7, 11) is 1.62. The van der Waals surface area contributed by atoms with Crippen molar-refractivity contribution >= 4 is 11.6 Å². The molecule has 0 aliphatic heterocycles. The van der Waals surface area contributed by atoms with Crippen molar-refractivity contribution in [1.82, 2.24) is 9.97 Å². The Kier molecular flexibility index (Phi) is 5.16. The topological polar surface area (TPSA) is 93.3 Å². The van der Waals surface area contributed by atoms with E-state index >= 15 is 0 Å². The minimum Gasteiger partial charge on any atom is -0.497 e. The highest BCUT2D eigenvalue weighted by Gasteiger charge is 2.15. The van der Waals surface area contributed by atoms with Crippen LogP contribution in [0.15, 0.2) is 30.5 Å². The van der Waals surface area contributed by atoms with Crippen LogP contribution in [0.5, 0.6) is 5.75 Å². The third-order valence-electron chi connectivity index (χ3n) is 3.49. The molecule has 0 spiro atoms. The molecule has 6 heteroatoms. The normalized spacial score (nSPS) is 12.2. The number of ether oxygens (including phenoxy) is 1. The summed E-state index contributed by atoms with van der Waals surface area (Å²) in [6.07, 6.45) is 1.62. The molecule has 0 unspecified atom stereocenters. The summed E-state index contributed by atoms with van der Waals surface area (Å²) in [4.78, 5) is 8.71. The second kappa shape index (κ2) is 7.09. The quantitative estimate of drug-likeness (QED) is 0.757. The van der Waals surface area contributed by atoms with Crippen LogP contribution in [0, 0.1) is 5.92 Å². The maximum absolute atomic E-state index is 9.44. The van der Waals surface area contributed by atoms with E-state index in [0.29, 0.717) is 17.3 Å². The lowest BCUT2D eigenvalue weighted by Crippen LogP contribution is -2.30. The molecular formula is C16H22N4O2. The third-order valence-corrected chi connectivity index (χ3v) is 3.49. The van der Waals surface area contributed by atoms with Crippen LogP contribution in [-0.4, -0.2) is 34.8 Å². The summed E-state index contributed by atoms with van der Waals surface area (Å²) >= 11 is 0. The minimum atomic E-state index is -0.128. The van der Waals surface area contributed by atoms with E-state index < -0.39 is 0 Å². The Labute approximate surface area is 130 Å². The van der Waals surface area contributed by atoms with Gasteiger partial charge in [0.05, 0.1) is 31.6 Å². The second-order valence-corrected chi connectivity index (χ2v) is 5.40. The minimum absolute atomic E-state index is 0.00216. The summed E-state index contributed by atoms with van der Waals surface area (Å²) < 4.78 is 5.22. The predicted molar refractivity (Wildman–Crippen MR) is 87.8 cm³/mol. The van der Waals surface area contributed by atoms with E-state index in [1.807, 2.05) is 38.1 Å². The zero-order valence-corrected chi connectivity index (χ0v) is 13.1. The smallest absolute Gasteiger partial charge is 0.169 e. The van der Waals surface area contributed by atoms with Crippen LogP contribution in [0.1, 0.15) is 13.8 Å². The molecule has 4 N–H and O–H groups in total. The van der Waals surface area contributed by atoms with Gasteiger partial charge in [0.2, 0.25) is 0 Å². The highest BCUT2D eigenvalue weighted by atomic mass is 16.5. The fourth-order valence-electron chi connectivity index (χ4n) is 2.02. The lowest BCUT2D eigenvalue weighted by Gasteiger charge is -2.21. The molecule has 2 aromatic rings. The van der Waals surface area contributed by atoms with Crippen LogP contribution in [0.4, 0.5) is 11.6 Å². The molecule has 0 saturated carbocycles. The maximum atomic E-state index is 9.44. The first-order chi connectivity index (χ1) is 10.5. The van der Waals surface area contributed by atoms with E-state index in [0.717, 1.165) is 11.3 Å². The summed E-state index contributed by atoms with van der Waals surface area (Å²) in [5.41, 5.74) is 7.46. The van der Waals surface area contributed by atoms with Crippen molar-refractivity contribution in [2.75, 3.05) is 24.8 Å². The van der Waals surface area contributed by atoms with Gasteiger partial charge in [-0.25, -0.2) is 9.97 Å². The van der Waals surface area contributed by atoms with E-state index in [-0.39, 0.29) is 18.6 Å². The molecule has 0 radical (unpaired) electrons. The molecule has 6 nitrogen and oxygen atoms in total. The number of nitrogens with two attached hydrogens (primary N) is 1. The van der Waals surface area contributed by atoms with Gasteiger partial charge in [0, 0.05) is 5.56 Å². The Morgan fingerprint density at radius 1 is 1.36 bits per heavy atom. The Morgan fingerprint density at radius 2 is 2.14 bits per heavy atom. The van der Waals surface area contributed by atoms with Crippen molar-refractivity contribution in [3.63, 3.8) is 0 Å². The van der Waals surface area contributed by atoms with Gasteiger partial charge in [0.25, 0.3) is 0 Å². The van der Waals surface area contributed by atoms with E-state index in [1.165, 1.54) is 0 Å². The van der Waals surface area contributed by atoms with E-state index in [9.17, 15) is 5.11 Å². The monoisotopic (exact) mass is 302 g/mol. The standard InChI is InChI=1S/C16H22N4O2/c1-10(2)14(9-21)20-16-15(17)18-8-13(19-16)11-5-4-6-12(7-11)22-3/h4-8,10,14,21H,9H2,1-3H3,(H2,17,18)(H,19,20)/t14-/m0/s1. The molecule has 0 fully saturated rings. The number of nitrogens with one attached hydrogen (secondary N) is 1. The molecule has 0 amide bonds. The molecule has 0 aliphatic carbocycles. The molecule has 1 aromatic carbocycles. The average Bonchev–Trinajstić information content (AvgIpc) is 2.53. The van der Waals surface area contributed by atoms with Crippen LogP contribution in [0.2, 0.25) is 0 Å². The number of nitrogens with zero attached hydrogens (tertiary/aromatic N) is 2. The molecule has 1 heterocycles. The third kappa shape index (κ3) is 3.65. The first kappa shape index (κ1) is 16.0. The largest absolute Gasteiger partial charge is 0.497 e. The molecular weight excluding hydrogens is 280 g/mol. The second-order valence-electron chi connectivity index (χ2n) is 5.40. The van der Waals surface area contributed by atoms with Gasteiger partial charge in [0.1, 0.15) is 5.75 Å². The Balaban J connectivity index is 2.33. The van der Waals surface area contributed by atoms with E-state index in [1.54, 1.807) is 13.3 Å². The number of aliphatic hydroxyl groups is 1. The van der Waals surface area contributed by atoms with Crippen LogP contribution in [-0.2, 0) is 0 Å². The molecule has 0 saturated heterocycles. The van der Waals surface area contributed by atoms with Gasteiger partial charge in [-0.15, -0.1) is 0 Å². The number of methoxy groups -OCH3 is 1. The zero-order chi connectivity index (χ0) is 16.1. The number of benzene rings is 1. The molecule has 118 valence electrons. The van der Waals surface area contributed by atoms with E-state index in [2.05, 4.69) is 15.3 Å². The van der Waals surface area contributed by atoms with Crippen molar-refractivity contribution in [3.05, 3.63) is 30.5 Å². The fraction of sp³-hybridized carbons (Fsp3) is 0.375. The molecule has 0 aliphatic rings. The Morgan fingerprint density at radius 3 is 2.77 bits per heavy atom. The summed E-state index contributed by atoms with van der Waals surface area (Å²) in [5, 5.41) is 12.6. The molecule has 22 heavy (non-hydrogen) atoms. The van der Waals surface area contributed by atoms with Gasteiger partial charge in [-0.1, -0.05) is 26.0 Å². The highest BCUT2D eigenvalue weighted by molar-refractivity contribution is 5.66. The summed E-state index contributed by atoms with van der Waals surface area (Å²) in [6.45, 7) is 4.04. The zero-order valence-electron chi connectivity index (χ0n) is 13.1. The van der Waals surface area contributed by atoms with Crippen LogP contribution in [0.25, 0.3) is 11.3 Å². The number of aromatic nitrogens is 2. The van der Waals surface area contributed by atoms with Crippen molar-refractivity contribution in [2.24, 2.45) is 5.92 Å². The number of nitrogen functional groups attached to an aromatic ring is 1. The van der Waals surface area contributed by atoms with Crippen molar-refractivity contribution < 1.29 is 9.84 Å². The lowest BCUT2D eigenvalue weighted by atomic mass is 10.1. The molecule has 2 rings (SSSR count). The first-order valence-corrected chi connectivity index (χ1v) is 7.19. The molecule has 1 aromatic heterocycles. The van der Waals surface area contributed by atoms with Gasteiger partial charge in [-0.3, -0.25) is 0 Å². The van der Waals surface area contributed by atoms with E-state index in [4.69, 9.17) is 10.5 Å². The number of rotatable bonds is 6. The summed E-state index contributed by atoms with van der Waals surface area (Å²) in [5.74, 6) is 1.78. The van der Waals surface area contributed by atoms with Crippen LogP contribution < -0.4 is 15.8 Å². The van der Waals surface area contributed by atoms with Gasteiger partial charge in [-0.2, -0.15) is 0 Å². The van der Waals surface area contributed by atoms with Crippen LogP contribution in [0.3, 0.4) is 0 Å². The van der Waals surface area contributed by atoms with Gasteiger partial charge in [0.15, 0.2) is 11.6 Å². The summed E-state index contributed by atoms with van der Waals surface area (Å²) in [6, 6.07) is 7.45. The Hall–Kier alpha value is -2.34. The van der Waals surface area contributed by atoms with Gasteiger partial charge < -0.3 is 20.9 Å². The first-order valence-electron chi connectivity index (χ1n) is 7.19. The van der Waals surface area contributed by atoms with Crippen LogP contribution >= 0.6 is 0 Å². The highest BCUT2D eigenvalue weighted by Crippen LogP contribution is 2.25.